The van der Waals surface area contributed by atoms with Crippen LogP contribution in [0.3, 0.4) is 0 Å². The molecule has 2 N–H and O–H groups in total. The van der Waals surface area contributed by atoms with Gasteiger partial charge in [0.25, 0.3) is 0 Å². The van der Waals surface area contributed by atoms with Gasteiger partial charge in [-0.3, -0.25) is 4.79 Å². The number of rotatable bonds is 8. The molecule has 8 heteroatoms. The van der Waals surface area contributed by atoms with Gasteiger partial charge in [0, 0.05) is 36.7 Å². The van der Waals surface area contributed by atoms with E-state index in [4.69, 9.17) is 9.47 Å². The zero-order valence-electron chi connectivity index (χ0n) is 17.0. The molecule has 0 bridgehead atoms. The normalized spacial score (nSPS) is 12.3. The predicted molar refractivity (Wildman–Crippen MR) is 105 cm³/mol. The number of amides is 2. The highest BCUT2D eigenvalue weighted by Gasteiger charge is 2.30. The number of carbonyl (C=O) groups is 3. The monoisotopic (exact) mass is 436 g/mol. The molecular formula is C18H33BrN2O5. The number of halogens is 1. The van der Waals surface area contributed by atoms with E-state index in [1.165, 1.54) is 0 Å². The molecule has 0 rings (SSSR count). The predicted octanol–water partition coefficient (Wildman–Crippen LogP) is 3.79. The van der Waals surface area contributed by atoms with E-state index >= 15 is 0 Å². The lowest BCUT2D eigenvalue weighted by atomic mass is 9.84. The van der Waals surface area contributed by atoms with E-state index in [2.05, 4.69) is 26.6 Å². The van der Waals surface area contributed by atoms with Gasteiger partial charge in [0.2, 0.25) is 0 Å². The number of hydrogen-bond acceptors (Lipinski definition) is 5. The van der Waals surface area contributed by atoms with Crippen LogP contribution in [0.4, 0.5) is 9.59 Å². The number of Topliss-reactive ketones (excluding diaryl/α,β-unsaturated/α-hetero) is 1. The van der Waals surface area contributed by atoms with Gasteiger partial charge in [0.15, 0.2) is 0 Å². The van der Waals surface area contributed by atoms with Gasteiger partial charge in [-0.15, -0.1) is 0 Å². The summed E-state index contributed by atoms with van der Waals surface area (Å²) in [6.45, 7) is 12.8. The van der Waals surface area contributed by atoms with Crippen molar-refractivity contribution in [1.82, 2.24) is 10.6 Å². The average molecular weight is 437 g/mol. The highest BCUT2D eigenvalue weighted by molar-refractivity contribution is 9.09. The maximum absolute atomic E-state index is 12.1. The molecule has 2 amide bonds. The molecular weight excluding hydrogens is 404 g/mol. The Bertz CT molecular complexity index is 463. The fourth-order valence-corrected chi connectivity index (χ4v) is 2.50. The van der Waals surface area contributed by atoms with Crippen LogP contribution in [-0.2, 0) is 14.3 Å². The standard InChI is InChI=1S/C18H33BrN2O5/c1-16(2,3)25-14(23)20-11-18(7,10-13(22)8-9-19)12-21-15(24)26-17(4,5)6/h8-12H2,1-7H3,(H,20,23)(H,21,24). The molecule has 0 saturated carbocycles. The highest BCUT2D eigenvalue weighted by atomic mass is 79.9. The molecule has 0 atom stereocenters. The van der Waals surface area contributed by atoms with Crippen LogP contribution >= 0.6 is 15.9 Å². The van der Waals surface area contributed by atoms with Crippen LogP contribution in [-0.4, -0.2) is 47.6 Å². The van der Waals surface area contributed by atoms with Crippen molar-refractivity contribution in [1.29, 1.82) is 0 Å². The van der Waals surface area contributed by atoms with Crippen LogP contribution in [0, 0.1) is 5.41 Å². The van der Waals surface area contributed by atoms with Crippen LogP contribution < -0.4 is 10.6 Å². The molecule has 0 unspecified atom stereocenters. The van der Waals surface area contributed by atoms with Crippen molar-refractivity contribution in [3.05, 3.63) is 0 Å². The number of alkyl carbamates (subject to hydrolysis) is 2. The summed E-state index contributed by atoms with van der Waals surface area (Å²) in [7, 11) is 0. The lowest BCUT2D eigenvalue weighted by Gasteiger charge is -2.31. The fourth-order valence-electron chi connectivity index (χ4n) is 2.06. The lowest BCUT2D eigenvalue weighted by molar-refractivity contribution is -0.120. The molecule has 26 heavy (non-hydrogen) atoms. The first-order chi connectivity index (χ1) is 11.7. The first kappa shape index (κ1) is 24.7. The van der Waals surface area contributed by atoms with E-state index in [9.17, 15) is 14.4 Å². The fraction of sp³-hybridized carbons (Fsp3) is 0.833. The summed E-state index contributed by atoms with van der Waals surface area (Å²) < 4.78 is 10.4. The Balaban J connectivity index is 4.87. The molecule has 0 aromatic heterocycles. The van der Waals surface area contributed by atoms with Gasteiger partial charge in [0.1, 0.15) is 17.0 Å². The number of hydrogen-bond donors (Lipinski definition) is 2. The third-order valence-electron chi connectivity index (χ3n) is 3.11. The number of ether oxygens (including phenoxy) is 2. The van der Waals surface area contributed by atoms with Crippen molar-refractivity contribution in [2.45, 2.75) is 72.5 Å². The van der Waals surface area contributed by atoms with Gasteiger partial charge in [-0.1, -0.05) is 22.9 Å². The number of nitrogens with one attached hydrogen (secondary N) is 2. The van der Waals surface area contributed by atoms with E-state index < -0.39 is 28.8 Å². The van der Waals surface area contributed by atoms with Crippen molar-refractivity contribution in [3.8, 4) is 0 Å². The van der Waals surface area contributed by atoms with Crippen molar-refractivity contribution >= 4 is 33.9 Å². The Kier molecular flexibility index (Phi) is 9.62. The summed E-state index contributed by atoms with van der Waals surface area (Å²) in [6, 6.07) is 0. The molecule has 0 aliphatic carbocycles. The molecule has 0 aliphatic rings. The molecule has 0 saturated heterocycles. The van der Waals surface area contributed by atoms with Crippen LogP contribution in [0.1, 0.15) is 61.3 Å². The Labute approximate surface area is 165 Å². The molecule has 0 fully saturated rings. The van der Waals surface area contributed by atoms with Gasteiger partial charge >= 0.3 is 12.2 Å². The van der Waals surface area contributed by atoms with Gasteiger partial charge in [-0.05, 0) is 41.5 Å². The van der Waals surface area contributed by atoms with Crippen LogP contribution in [0.15, 0.2) is 0 Å². The van der Waals surface area contributed by atoms with E-state index in [-0.39, 0.29) is 25.3 Å². The second-order valence-corrected chi connectivity index (χ2v) is 9.47. The SMILES string of the molecule is CC(CNC(=O)OC(C)(C)C)(CNC(=O)OC(C)(C)C)CC(=O)CCBr. The second-order valence-electron chi connectivity index (χ2n) is 8.68. The molecule has 0 aliphatic heterocycles. The molecule has 0 radical (unpaired) electrons. The maximum Gasteiger partial charge on any atom is 0.407 e. The quantitative estimate of drug-likeness (QED) is 0.564. The topological polar surface area (TPSA) is 93.7 Å². The highest BCUT2D eigenvalue weighted by Crippen LogP contribution is 2.22. The number of ketones is 1. The van der Waals surface area contributed by atoms with Gasteiger partial charge in [-0.2, -0.15) is 0 Å². The molecule has 0 heterocycles. The first-order valence-corrected chi connectivity index (χ1v) is 9.79. The van der Waals surface area contributed by atoms with Crippen molar-refractivity contribution in [2.75, 3.05) is 18.4 Å². The number of carbonyl (C=O) groups excluding carboxylic acids is 3. The lowest BCUT2D eigenvalue weighted by Crippen LogP contribution is -2.46. The minimum absolute atomic E-state index is 0.0429. The Morgan fingerprint density at radius 1 is 0.808 bits per heavy atom. The van der Waals surface area contributed by atoms with Crippen LogP contribution in [0.5, 0.6) is 0 Å². The Morgan fingerprint density at radius 3 is 1.50 bits per heavy atom. The largest absolute Gasteiger partial charge is 0.444 e. The van der Waals surface area contributed by atoms with E-state index in [0.717, 1.165) is 0 Å². The number of alkyl halides is 1. The van der Waals surface area contributed by atoms with E-state index in [0.29, 0.717) is 11.8 Å². The first-order valence-electron chi connectivity index (χ1n) is 8.67. The summed E-state index contributed by atoms with van der Waals surface area (Å²) in [6.07, 6.45) is -0.526. The molecule has 0 spiro atoms. The van der Waals surface area contributed by atoms with E-state index in [1.807, 2.05) is 6.92 Å². The van der Waals surface area contributed by atoms with Crippen LogP contribution in [0.2, 0.25) is 0 Å². The molecule has 0 aromatic carbocycles. The third kappa shape index (κ3) is 13.0. The van der Waals surface area contributed by atoms with Gasteiger partial charge < -0.3 is 20.1 Å². The van der Waals surface area contributed by atoms with Crippen LogP contribution in [0.25, 0.3) is 0 Å². The second kappa shape index (κ2) is 10.1. The van der Waals surface area contributed by atoms with Gasteiger partial charge in [0.05, 0.1) is 0 Å². The summed E-state index contributed by atoms with van der Waals surface area (Å²) in [4.78, 5) is 35.9. The average Bonchev–Trinajstić information content (AvgIpc) is 2.40. The Morgan fingerprint density at radius 2 is 1.19 bits per heavy atom. The minimum atomic E-state index is -0.660. The third-order valence-corrected chi connectivity index (χ3v) is 3.51. The van der Waals surface area contributed by atoms with Gasteiger partial charge in [-0.25, -0.2) is 9.59 Å². The molecule has 7 nitrogen and oxygen atoms in total. The van der Waals surface area contributed by atoms with E-state index in [1.54, 1.807) is 41.5 Å². The smallest absolute Gasteiger partial charge is 0.407 e. The molecule has 152 valence electrons. The van der Waals surface area contributed by atoms with Crippen molar-refractivity contribution in [2.24, 2.45) is 5.41 Å². The summed E-state index contributed by atoms with van der Waals surface area (Å²) in [5, 5.41) is 5.93. The zero-order valence-corrected chi connectivity index (χ0v) is 18.5. The molecule has 0 aromatic rings. The maximum atomic E-state index is 12.1. The summed E-state index contributed by atoms with van der Waals surface area (Å²) in [5.41, 5.74) is -1.88. The summed E-state index contributed by atoms with van der Waals surface area (Å²) >= 11 is 3.25. The van der Waals surface area contributed by atoms with Crippen molar-refractivity contribution in [3.63, 3.8) is 0 Å². The Hall–Kier alpha value is -1.31. The minimum Gasteiger partial charge on any atom is -0.444 e. The summed E-state index contributed by atoms with van der Waals surface area (Å²) in [5.74, 6) is 0.0429. The van der Waals surface area contributed by atoms with Crippen molar-refractivity contribution < 1.29 is 23.9 Å². The zero-order chi connectivity index (χ0) is 20.6.